The van der Waals surface area contributed by atoms with Crippen molar-refractivity contribution in [1.29, 1.82) is 0 Å². The van der Waals surface area contributed by atoms with Crippen LogP contribution in [0.4, 0.5) is 14.5 Å². The summed E-state index contributed by atoms with van der Waals surface area (Å²) in [4.78, 5) is 11.6. The lowest BCUT2D eigenvalue weighted by molar-refractivity contribution is 0.0945. The Morgan fingerprint density at radius 1 is 1.30 bits per heavy atom. The number of anilines is 1. The van der Waals surface area contributed by atoms with Crippen molar-refractivity contribution < 1.29 is 22.0 Å². The molecule has 0 radical (unpaired) electrons. The molecule has 20 heavy (non-hydrogen) atoms. The van der Waals surface area contributed by atoms with Crippen molar-refractivity contribution in [2.75, 3.05) is 25.1 Å². The first-order valence-corrected chi connectivity index (χ1v) is 7.58. The highest BCUT2D eigenvalue weighted by Gasteiger charge is 2.18. The quantitative estimate of drug-likeness (QED) is 0.517. The van der Waals surface area contributed by atoms with Gasteiger partial charge in [-0.15, -0.1) is 0 Å². The van der Waals surface area contributed by atoms with E-state index in [1.54, 1.807) is 0 Å². The van der Waals surface area contributed by atoms with E-state index in [1.165, 1.54) is 0 Å². The lowest BCUT2D eigenvalue weighted by atomic mass is 10.1. The van der Waals surface area contributed by atoms with Crippen molar-refractivity contribution >= 4 is 21.6 Å². The zero-order valence-corrected chi connectivity index (χ0v) is 11.6. The molecule has 0 aliphatic heterocycles. The molecule has 0 saturated heterocycles. The standard InChI is InChI=1S/C11H15F2N3O3S/c1-20(18,19)16-6-2-5-15-11(17)9-7(12)3-4-8(14)10(9)13/h3-4,16H,2,5-6,14H2,1H3,(H,15,17). The zero-order chi connectivity index (χ0) is 15.3. The van der Waals surface area contributed by atoms with Crippen LogP contribution in [0.3, 0.4) is 0 Å². The third kappa shape index (κ3) is 4.74. The summed E-state index contributed by atoms with van der Waals surface area (Å²) < 4.78 is 50.6. The van der Waals surface area contributed by atoms with Crippen molar-refractivity contribution in [2.45, 2.75) is 6.42 Å². The molecule has 6 nitrogen and oxygen atoms in total. The van der Waals surface area contributed by atoms with Gasteiger partial charge in [-0.25, -0.2) is 21.9 Å². The number of benzene rings is 1. The summed E-state index contributed by atoms with van der Waals surface area (Å²) in [5, 5.41) is 2.28. The van der Waals surface area contributed by atoms with Gasteiger partial charge in [0.05, 0.1) is 11.9 Å². The first-order chi connectivity index (χ1) is 9.22. The smallest absolute Gasteiger partial charge is 0.257 e. The molecule has 0 bridgehead atoms. The molecule has 0 unspecified atom stereocenters. The Bertz CT molecular complexity index is 605. The summed E-state index contributed by atoms with van der Waals surface area (Å²) in [5.41, 5.74) is 4.18. The van der Waals surface area contributed by atoms with Crippen LogP contribution in [0.25, 0.3) is 0 Å². The number of hydrogen-bond acceptors (Lipinski definition) is 4. The highest BCUT2D eigenvalue weighted by atomic mass is 32.2. The first-order valence-electron chi connectivity index (χ1n) is 5.68. The normalized spacial score (nSPS) is 11.3. The summed E-state index contributed by atoms with van der Waals surface area (Å²) in [6, 6.07) is 1.93. The summed E-state index contributed by atoms with van der Waals surface area (Å²) in [5.74, 6) is -3.06. The van der Waals surface area contributed by atoms with Gasteiger partial charge in [0.1, 0.15) is 11.4 Å². The number of rotatable bonds is 6. The fourth-order valence-electron chi connectivity index (χ4n) is 1.41. The van der Waals surface area contributed by atoms with Crippen molar-refractivity contribution in [3.63, 3.8) is 0 Å². The molecular weight excluding hydrogens is 292 g/mol. The van der Waals surface area contributed by atoms with E-state index < -0.39 is 33.1 Å². The van der Waals surface area contributed by atoms with Crippen molar-refractivity contribution in [1.82, 2.24) is 10.0 Å². The Kier molecular flexibility index (Phi) is 5.40. The van der Waals surface area contributed by atoms with Crippen LogP contribution in [0.5, 0.6) is 0 Å². The number of sulfonamides is 1. The third-order valence-corrected chi connectivity index (χ3v) is 3.08. The Labute approximate surface area is 115 Å². The van der Waals surface area contributed by atoms with Crippen LogP contribution >= 0.6 is 0 Å². The van der Waals surface area contributed by atoms with E-state index in [2.05, 4.69) is 10.0 Å². The van der Waals surface area contributed by atoms with Gasteiger partial charge in [-0.1, -0.05) is 0 Å². The molecule has 1 aromatic carbocycles. The van der Waals surface area contributed by atoms with Crippen molar-refractivity contribution in [2.24, 2.45) is 0 Å². The van der Waals surface area contributed by atoms with E-state index in [0.717, 1.165) is 18.4 Å². The number of carbonyl (C=O) groups is 1. The number of nitrogens with one attached hydrogen (secondary N) is 2. The Morgan fingerprint density at radius 3 is 2.55 bits per heavy atom. The highest BCUT2D eigenvalue weighted by molar-refractivity contribution is 7.88. The number of halogens is 2. The van der Waals surface area contributed by atoms with E-state index in [4.69, 9.17) is 5.73 Å². The van der Waals surface area contributed by atoms with Gasteiger partial charge in [0.15, 0.2) is 5.82 Å². The van der Waals surface area contributed by atoms with Crippen LogP contribution in [0, 0.1) is 11.6 Å². The van der Waals surface area contributed by atoms with Crippen LogP contribution in [-0.2, 0) is 10.0 Å². The fraction of sp³-hybridized carbons (Fsp3) is 0.364. The summed E-state index contributed by atoms with van der Waals surface area (Å²) in [7, 11) is -3.30. The van der Waals surface area contributed by atoms with E-state index in [1.807, 2.05) is 0 Å². The van der Waals surface area contributed by atoms with E-state index in [0.29, 0.717) is 0 Å². The first kappa shape index (κ1) is 16.3. The molecule has 0 aromatic heterocycles. The highest BCUT2D eigenvalue weighted by Crippen LogP contribution is 2.18. The minimum Gasteiger partial charge on any atom is -0.396 e. The lowest BCUT2D eigenvalue weighted by Crippen LogP contribution is -2.30. The number of carbonyl (C=O) groups excluding carboxylic acids is 1. The molecule has 112 valence electrons. The summed E-state index contributed by atoms with van der Waals surface area (Å²) in [6.45, 7) is 0.177. The number of hydrogen-bond donors (Lipinski definition) is 3. The number of nitrogen functional groups attached to an aromatic ring is 1. The molecule has 0 aliphatic rings. The molecule has 9 heteroatoms. The molecule has 0 atom stereocenters. The topological polar surface area (TPSA) is 101 Å². The molecular formula is C11H15F2N3O3S. The molecule has 0 heterocycles. The average molecular weight is 307 g/mol. The second-order valence-corrected chi connectivity index (χ2v) is 5.93. The minimum absolute atomic E-state index is 0.0645. The average Bonchev–Trinajstić information content (AvgIpc) is 2.32. The molecule has 1 aromatic rings. The van der Waals surface area contributed by atoms with Crippen molar-refractivity contribution in [3.05, 3.63) is 29.3 Å². The van der Waals surface area contributed by atoms with Crippen LogP contribution in [0.2, 0.25) is 0 Å². The predicted molar refractivity (Wildman–Crippen MR) is 70.6 cm³/mol. The molecule has 0 aliphatic carbocycles. The SMILES string of the molecule is CS(=O)(=O)NCCCNC(=O)c1c(F)ccc(N)c1F. The van der Waals surface area contributed by atoms with Gasteiger partial charge in [-0.3, -0.25) is 4.79 Å². The Hall–Kier alpha value is -1.74. The Balaban J connectivity index is 2.54. The van der Waals surface area contributed by atoms with Crippen molar-refractivity contribution in [3.8, 4) is 0 Å². The maximum Gasteiger partial charge on any atom is 0.257 e. The molecule has 0 fully saturated rings. The maximum absolute atomic E-state index is 13.5. The van der Waals surface area contributed by atoms with Gasteiger partial charge >= 0.3 is 0 Å². The van der Waals surface area contributed by atoms with E-state index in [9.17, 15) is 22.0 Å². The van der Waals surface area contributed by atoms with Gasteiger partial charge in [-0.05, 0) is 18.6 Å². The molecule has 1 rings (SSSR count). The van der Waals surface area contributed by atoms with E-state index >= 15 is 0 Å². The van der Waals surface area contributed by atoms with Crippen LogP contribution in [0.15, 0.2) is 12.1 Å². The fourth-order valence-corrected chi connectivity index (χ4v) is 1.93. The number of amides is 1. The Morgan fingerprint density at radius 2 is 1.95 bits per heavy atom. The predicted octanol–water partition coefficient (Wildman–Crippen LogP) is 0.216. The maximum atomic E-state index is 13.5. The van der Waals surface area contributed by atoms with Crippen LogP contribution < -0.4 is 15.8 Å². The summed E-state index contributed by atoms with van der Waals surface area (Å²) >= 11 is 0. The molecule has 0 spiro atoms. The van der Waals surface area contributed by atoms with E-state index in [-0.39, 0.29) is 25.2 Å². The van der Waals surface area contributed by atoms with Crippen LogP contribution in [0.1, 0.15) is 16.8 Å². The van der Waals surface area contributed by atoms with Gasteiger partial charge in [0.25, 0.3) is 5.91 Å². The largest absolute Gasteiger partial charge is 0.396 e. The van der Waals surface area contributed by atoms with Gasteiger partial charge in [0, 0.05) is 13.1 Å². The zero-order valence-electron chi connectivity index (χ0n) is 10.7. The molecule has 4 N–H and O–H groups in total. The number of nitrogens with two attached hydrogens (primary N) is 1. The monoisotopic (exact) mass is 307 g/mol. The van der Waals surface area contributed by atoms with Gasteiger partial charge < -0.3 is 11.1 Å². The second-order valence-electron chi connectivity index (χ2n) is 4.10. The molecule has 1 amide bonds. The lowest BCUT2D eigenvalue weighted by Gasteiger charge is -2.08. The third-order valence-electron chi connectivity index (χ3n) is 2.35. The molecule has 0 saturated carbocycles. The minimum atomic E-state index is -3.30. The second kappa shape index (κ2) is 6.62. The summed E-state index contributed by atoms with van der Waals surface area (Å²) in [6.07, 6.45) is 1.29. The van der Waals surface area contributed by atoms with Gasteiger partial charge in [-0.2, -0.15) is 0 Å². The van der Waals surface area contributed by atoms with Gasteiger partial charge in [0.2, 0.25) is 10.0 Å². The van der Waals surface area contributed by atoms with Crippen LogP contribution in [-0.4, -0.2) is 33.7 Å².